The van der Waals surface area contributed by atoms with Crippen molar-refractivity contribution in [3.8, 4) is 0 Å². The highest BCUT2D eigenvalue weighted by Crippen LogP contribution is 2.27. The summed E-state index contributed by atoms with van der Waals surface area (Å²) in [5.41, 5.74) is 2.21. The second-order valence-corrected chi connectivity index (χ2v) is 6.64. The predicted molar refractivity (Wildman–Crippen MR) is 91.0 cm³/mol. The molecule has 2 aliphatic carbocycles. The molecule has 0 bridgehead atoms. The van der Waals surface area contributed by atoms with Crippen molar-refractivity contribution < 1.29 is 13.9 Å². The van der Waals surface area contributed by atoms with Crippen LogP contribution in [0.25, 0.3) is 11.3 Å². The van der Waals surface area contributed by atoms with Gasteiger partial charge in [-0.25, -0.2) is 13.9 Å². The standard InChI is InChI=1S/C18H21FN4O2/c19-15-6-1-2-7-17(15)23-12-16(20-21-23)13-8-10-22(11-9-13)18(24)25-14-4-3-5-14/h2,7-8,12,14H,1,3-6,9-11H2. The van der Waals surface area contributed by atoms with Crippen LogP contribution in [-0.4, -0.2) is 45.2 Å². The van der Waals surface area contributed by atoms with E-state index in [-0.39, 0.29) is 18.0 Å². The van der Waals surface area contributed by atoms with E-state index >= 15 is 0 Å². The molecule has 4 rings (SSSR count). The van der Waals surface area contributed by atoms with Gasteiger partial charge in [-0.1, -0.05) is 17.4 Å². The molecule has 0 radical (unpaired) electrons. The van der Waals surface area contributed by atoms with Crippen LogP contribution in [0.15, 0.2) is 30.3 Å². The number of nitrogens with zero attached hydrogens (tertiary/aromatic N) is 4. The Labute approximate surface area is 145 Å². The van der Waals surface area contributed by atoms with Crippen LogP contribution in [0.5, 0.6) is 0 Å². The third-order valence-electron chi connectivity index (χ3n) is 4.94. The summed E-state index contributed by atoms with van der Waals surface area (Å²) in [4.78, 5) is 13.8. The van der Waals surface area contributed by atoms with Crippen LogP contribution in [-0.2, 0) is 4.74 Å². The Bertz CT molecular complexity index is 761. The van der Waals surface area contributed by atoms with E-state index < -0.39 is 0 Å². The molecule has 0 atom stereocenters. The topological polar surface area (TPSA) is 60.2 Å². The second-order valence-electron chi connectivity index (χ2n) is 6.64. The molecule has 1 aromatic heterocycles. The highest BCUT2D eigenvalue weighted by atomic mass is 19.1. The third kappa shape index (κ3) is 3.36. The minimum absolute atomic E-state index is 0.101. The fourth-order valence-electron chi connectivity index (χ4n) is 3.13. The molecule has 1 fully saturated rings. The zero-order valence-corrected chi connectivity index (χ0v) is 14.0. The Morgan fingerprint density at radius 1 is 1.32 bits per heavy atom. The molecule has 1 amide bonds. The molecule has 7 heteroatoms. The number of carbonyl (C=O) groups excluding carboxylic acids is 1. The SMILES string of the molecule is O=C(OC1CCC1)N1CC=C(c2cn(C3=C(F)CCC=C3)nn2)CC1. The summed E-state index contributed by atoms with van der Waals surface area (Å²) < 4.78 is 20.8. The minimum atomic E-state index is -0.233. The summed E-state index contributed by atoms with van der Waals surface area (Å²) >= 11 is 0. The maximum Gasteiger partial charge on any atom is 0.410 e. The lowest BCUT2D eigenvalue weighted by Gasteiger charge is -2.30. The van der Waals surface area contributed by atoms with E-state index in [1.54, 1.807) is 17.2 Å². The van der Waals surface area contributed by atoms with E-state index in [0.717, 1.165) is 37.0 Å². The van der Waals surface area contributed by atoms with Gasteiger partial charge in [0.15, 0.2) is 0 Å². The molecule has 0 spiro atoms. The number of ether oxygens (including phenoxy) is 1. The third-order valence-corrected chi connectivity index (χ3v) is 4.94. The summed E-state index contributed by atoms with van der Waals surface area (Å²) in [6.07, 6.45) is 12.2. The quantitative estimate of drug-likeness (QED) is 0.841. The van der Waals surface area contributed by atoms with Gasteiger partial charge in [0.1, 0.15) is 17.6 Å². The van der Waals surface area contributed by atoms with Crippen molar-refractivity contribution in [1.82, 2.24) is 19.9 Å². The Morgan fingerprint density at radius 2 is 2.20 bits per heavy atom. The fraction of sp³-hybridized carbons (Fsp3) is 0.500. The van der Waals surface area contributed by atoms with E-state index in [9.17, 15) is 9.18 Å². The minimum Gasteiger partial charge on any atom is -0.446 e. The molecular formula is C18H21FN4O2. The van der Waals surface area contributed by atoms with Gasteiger partial charge in [-0.15, -0.1) is 5.10 Å². The summed E-state index contributed by atoms with van der Waals surface area (Å²) in [7, 11) is 0. The fourth-order valence-corrected chi connectivity index (χ4v) is 3.13. The molecule has 6 nitrogen and oxygen atoms in total. The normalized spacial score (nSPS) is 21.2. The number of hydrogen-bond donors (Lipinski definition) is 0. The van der Waals surface area contributed by atoms with Gasteiger partial charge >= 0.3 is 6.09 Å². The van der Waals surface area contributed by atoms with E-state index in [0.29, 0.717) is 31.6 Å². The number of hydrogen-bond acceptors (Lipinski definition) is 4. The lowest BCUT2D eigenvalue weighted by molar-refractivity contribution is 0.0288. The zero-order chi connectivity index (χ0) is 17.2. The van der Waals surface area contributed by atoms with Crippen LogP contribution < -0.4 is 0 Å². The number of amides is 1. The van der Waals surface area contributed by atoms with Crippen LogP contribution in [0.4, 0.5) is 9.18 Å². The first-order chi connectivity index (χ1) is 12.2. The number of allylic oxidation sites excluding steroid dienone is 4. The monoisotopic (exact) mass is 344 g/mol. The second kappa shape index (κ2) is 6.82. The molecule has 1 saturated carbocycles. The molecule has 132 valence electrons. The van der Waals surface area contributed by atoms with Crippen LogP contribution in [0.2, 0.25) is 0 Å². The van der Waals surface area contributed by atoms with E-state index in [4.69, 9.17) is 4.74 Å². The molecule has 0 N–H and O–H groups in total. The van der Waals surface area contributed by atoms with Gasteiger partial charge in [0.25, 0.3) is 0 Å². The first-order valence-corrected chi connectivity index (χ1v) is 8.83. The van der Waals surface area contributed by atoms with Crippen LogP contribution in [0, 0.1) is 0 Å². The van der Waals surface area contributed by atoms with Crippen molar-refractivity contribution >= 4 is 17.4 Å². The smallest absolute Gasteiger partial charge is 0.410 e. The summed E-state index contributed by atoms with van der Waals surface area (Å²) in [5.74, 6) is -0.165. The van der Waals surface area contributed by atoms with Gasteiger partial charge in [-0.3, -0.25) is 0 Å². The van der Waals surface area contributed by atoms with Crippen LogP contribution in [0.1, 0.15) is 44.2 Å². The lowest BCUT2D eigenvalue weighted by atomic mass is 9.96. The Kier molecular flexibility index (Phi) is 4.38. The average Bonchev–Trinajstić information content (AvgIpc) is 3.08. The maximum absolute atomic E-state index is 13.9. The summed E-state index contributed by atoms with van der Waals surface area (Å²) in [5, 5.41) is 8.21. The first-order valence-electron chi connectivity index (χ1n) is 8.83. The first kappa shape index (κ1) is 16.1. The Balaban J connectivity index is 1.41. The van der Waals surface area contributed by atoms with Crippen molar-refractivity contribution in [1.29, 1.82) is 0 Å². The van der Waals surface area contributed by atoms with Crippen molar-refractivity contribution in [3.05, 3.63) is 35.9 Å². The highest BCUT2D eigenvalue weighted by Gasteiger charge is 2.26. The van der Waals surface area contributed by atoms with E-state index in [2.05, 4.69) is 10.3 Å². The molecule has 0 aromatic carbocycles. The van der Waals surface area contributed by atoms with Crippen LogP contribution in [0.3, 0.4) is 0 Å². The predicted octanol–water partition coefficient (Wildman–Crippen LogP) is 3.54. The molecule has 0 saturated heterocycles. The number of halogens is 1. The molecule has 25 heavy (non-hydrogen) atoms. The molecular weight excluding hydrogens is 323 g/mol. The molecule has 3 aliphatic rings. The largest absolute Gasteiger partial charge is 0.446 e. The number of carbonyl (C=O) groups is 1. The van der Waals surface area contributed by atoms with Crippen molar-refractivity contribution in [2.75, 3.05) is 13.1 Å². The summed E-state index contributed by atoms with van der Waals surface area (Å²) in [6, 6.07) is 0. The van der Waals surface area contributed by atoms with Gasteiger partial charge in [0.05, 0.1) is 11.9 Å². The molecule has 1 aromatic rings. The van der Waals surface area contributed by atoms with Gasteiger partial charge in [0, 0.05) is 19.5 Å². The van der Waals surface area contributed by atoms with Gasteiger partial charge < -0.3 is 9.64 Å². The Morgan fingerprint density at radius 3 is 2.88 bits per heavy atom. The van der Waals surface area contributed by atoms with Crippen molar-refractivity contribution in [2.24, 2.45) is 0 Å². The number of aromatic nitrogens is 3. The zero-order valence-electron chi connectivity index (χ0n) is 14.0. The average molecular weight is 344 g/mol. The van der Waals surface area contributed by atoms with Crippen LogP contribution >= 0.6 is 0 Å². The van der Waals surface area contributed by atoms with Gasteiger partial charge in [-0.05, 0) is 43.8 Å². The van der Waals surface area contributed by atoms with Gasteiger partial charge in [0.2, 0.25) is 0 Å². The Hall–Kier alpha value is -2.44. The maximum atomic E-state index is 13.9. The number of rotatable bonds is 3. The van der Waals surface area contributed by atoms with E-state index in [1.165, 1.54) is 4.68 Å². The van der Waals surface area contributed by atoms with Crippen molar-refractivity contribution in [2.45, 2.75) is 44.6 Å². The summed E-state index contributed by atoms with van der Waals surface area (Å²) in [6.45, 7) is 1.10. The molecule has 1 aliphatic heterocycles. The highest BCUT2D eigenvalue weighted by molar-refractivity contribution is 5.72. The van der Waals surface area contributed by atoms with E-state index in [1.807, 2.05) is 12.2 Å². The lowest BCUT2D eigenvalue weighted by Crippen LogP contribution is -2.38. The van der Waals surface area contributed by atoms with Gasteiger partial charge in [-0.2, -0.15) is 0 Å². The van der Waals surface area contributed by atoms with Crippen molar-refractivity contribution in [3.63, 3.8) is 0 Å². The molecule has 2 heterocycles. The molecule has 0 unspecified atom stereocenters.